The maximum absolute atomic E-state index is 12.5. The lowest BCUT2D eigenvalue weighted by Gasteiger charge is -2.44. The normalized spacial score (nSPS) is 24.0. The van der Waals surface area contributed by atoms with Crippen molar-refractivity contribution in [3.05, 3.63) is 53.9 Å². The molecule has 0 aliphatic carbocycles. The van der Waals surface area contributed by atoms with E-state index in [1.165, 1.54) is 6.07 Å². The average Bonchev–Trinajstić information content (AvgIpc) is 2.69. The second-order valence-electron chi connectivity index (χ2n) is 7.22. The lowest BCUT2D eigenvalue weighted by molar-refractivity contribution is -0.141. The molecular formula is C20H20F3N3O2. The largest absolute Gasteiger partial charge is 0.456 e. The summed E-state index contributed by atoms with van der Waals surface area (Å²) in [5.41, 5.74) is -0.450. The molecule has 148 valence electrons. The molecule has 1 atom stereocenters. The van der Waals surface area contributed by atoms with Crippen LogP contribution in [0.5, 0.6) is 11.5 Å². The molecule has 1 aromatic carbocycles. The molecule has 2 bridgehead atoms. The highest BCUT2D eigenvalue weighted by molar-refractivity contribution is 5.94. The minimum absolute atomic E-state index is 0.124. The number of hydrogen-bond donors (Lipinski definition) is 1. The second-order valence-corrected chi connectivity index (χ2v) is 7.22. The molecule has 8 heteroatoms. The van der Waals surface area contributed by atoms with E-state index in [4.69, 9.17) is 4.74 Å². The van der Waals surface area contributed by atoms with E-state index < -0.39 is 11.9 Å². The molecule has 28 heavy (non-hydrogen) atoms. The zero-order chi connectivity index (χ0) is 19.7. The van der Waals surface area contributed by atoms with Crippen LogP contribution < -0.4 is 10.1 Å². The van der Waals surface area contributed by atoms with Crippen molar-refractivity contribution in [3.63, 3.8) is 0 Å². The van der Waals surface area contributed by atoms with Gasteiger partial charge in [-0.3, -0.25) is 4.79 Å². The maximum Gasteiger partial charge on any atom is 0.433 e. The third-order valence-electron chi connectivity index (χ3n) is 5.35. The first-order valence-corrected chi connectivity index (χ1v) is 9.23. The number of hydrogen-bond acceptors (Lipinski definition) is 4. The number of benzene rings is 1. The predicted molar refractivity (Wildman–Crippen MR) is 96.2 cm³/mol. The summed E-state index contributed by atoms with van der Waals surface area (Å²) >= 11 is 0. The summed E-state index contributed by atoms with van der Waals surface area (Å²) in [6.07, 6.45) is -1.21. The Morgan fingerprint density at radius 2 is 1.75 bits per heavy atom. The lowest BCUT2D eigenvalue weighted by atomic mass is 9.84. The Balaban J connectivity index is 1.36. The van der Waals surface area contributed by atoms with Gasteiger partial charge in [-0.2, -0.15) is 13.2 Å². The van der Waals surface area contributed by atoms with Crippen molar-refractivity contribution < 1.29 is 22.7 Å². The monoisotopic (exact) mass is 391 g/mol. The molecule has 4 heterocycles. The van der Waals surface area contributed by atoms with Crippen molar-refractivity contribution in [2.24, 2.45) is 5.92 Å². The molecule has 1 N–H and O–H groups in total. The number of pyridine rings is 1. The summed E-state index contributed by atoms with van der Waals surface area (Å²) in [6, 6.07) is 8.78. The standard InChI is InChI=1S/C20H20F3N3O2/c21-20(22,23)18-6-5-16(11-24-18)28-15-3-1-14(2-4-15)19(27)25-17-12-26-9-7-13(17)8-10-26/h1-6,11,13,17H,7-10,12H2,(H,25,27)/t17-/m0/s1. The van der Waals surface area contributed by atoms with Gasteiger partial charge in [0.15, 0.2) is 0 Å². The van der Waals surface area contributed by atoms with Crippen LogP contribution in [0.2, 0.25) is 0 Å². The number of alkyl halides is 3. The van der Waals surface area contributed by atoms with Crippen LogP contribution in [0, 0.1) is 5.92 Å². The van der Waals surface area contributed by atoms with E-state index in [9.17, 15) is 18.0 Å². The minimum atomic E-state index is -4.48. The van der Waals surface area contributed by atoms with Crippen LogP contribution in [0.4, 0.5) is 13.2 Å². The number of fused-ring (bicyclic) bond motifs is 3. The van der Waals surface area contributed by atoms with E-state index in [1.54, 1.807) is 24.3 Å². The van der Waals surface area contributed by atoms with Crippen molar-refractivity contribution in [1.82, 2.24) is 15.2 Å². The maximum atomic E-state index is 12.5. The Kier molecular flexibility index (Phi) is 4.97. The van der Waals surface area contributed by atoms with E-state index in [1.807, 2.05) is 0 Å². The highest BCUT2D eigenvalue weighted by atomic mass is 19.4. The Morgan fingerprint density at radius 3 is 2.29 bits per heavy atom. The summed E-state index contributed by atoms with van der Waals surface area (Å²) in [5, 5.41) is 3.12. The smallest absolute Gasteiger partial charge is 0.433 e. The number of nitrogens with zero attached hydrogens (tertiary/aromatic N) is 2. The van der Waals surface area contributed by atoms with E-state index in [-0.39, 0.29) is 17.7 Å². The Hall–Kier alpha value is -2.61. The predicted octanol–water partition coefficient (Wildman–Crippen LogP) is 3.72. The number of carbonyl (C=O) groups excluding carboxylic acids is 1. The minimum Gasteiger partial charge on any atom is -0.456 e. The summed E-state index contributed by atoms with van der Waals surface area (Å²) in [6.45, 7) is 3.13. The third kappa shape index (κ3) is 4.11. The molecular weight excluding hydrogens is 371 g/mol. The van der Waals surface area contributed by atoms with Gasteiger partial charge in [-0.05, 0) is 68.2 Å². The fourth-order valence-electron chi connectivity index (χ4n) is 3.80. The van der Waals surface area contributed by atoms with Gasteiger partial charge in [-0.15, -0.1) is 0 Å². The van der Waals surface area contributed by atoms with Gasteiger partial charge < -0.3 is 15.0 Å². The van der Waals surface area contributed by atoms with Gasteiger partial charge in [0.2, 0.25) is 0 Å². The van der Waals surface area contributed by atoms with E-state index in [0.717, 1.165) is 44.7 Å². The van der Waals surface area contributed by atoms with Crippen molar-refractivity contribution in [2.75, 3.05) is 19.6 Å². The molecule has 3 saturated heterocycles. The zero-order valence-corrected chi connectivity index (χ0v) is 15.1. The zero-order valence-electron chi connectivity index (χ0n) is 15.1. The van der Waals surface area contributed by atoms with Crippen LogP contribution in [-0.4, -0.2) is 41.5 Å². The fourth-order valence-corrected chi connectivity index (χ4v) is 3.80. The van der Waals surface area contributed by atoms with Gasteiger partial charge in [-0.1, -0.05) is 0 Å². The number of piperidine rings is 3. The number of aromatic nitrogens is 1. The second kappa shape index (κ2) is 7.43. The number of carbonyl (C=O) groups is 1. The first-order valence-electron chi connectivity index (χ1n) is 9.23. The number of halogens is 3. The Morgan fingerprint density at radius 1 is 1.07 bits per heavy atom. The summed E-state index contributed by atoms with van der Waals surface area (Å²) < 4.78 is 43.1. The van der Waals surface area contributed by atoms with Gasteiger partial charge in [0, 0.05) is 18.2 Å². The van der Waals surface area contributed by atoms with Crippen LogP contribution >= 0.6 is 0 Å². The molecule has 3 aliphatic heterocycles. The molecule has 0 radical (unpaired) electrons. The van der Waals surface area contributed by atoms with Gasteiger partial charge in [0.1, 0.15) is 17.2 Å². The number of nitrogens with one attached hydrogen (secondary N) is 1. The Bertz CT molecular complexity index is 829. The van der Waals surface area contributed by atoms with Crippen molar-refractivity contribution in [2.45, 2.75) is 25.1 Å². The Labute approximate surface area is 160 Å². The number of ether oxygens (including phenoxy) is 1. The molecule has 1 amide bonds. The molecule has 0 unspecified atom stereocenters. The van der Waals surface area contributed by atoms with Crippen LogP contribution in [0.25, 0.3) is 0 Å². The van der Waals surface area contributed by atoms with Crippen molar-refractivity contribution in [1.29, 1.82) is 0 Å². The molecule has 5 nitrogen and oxygen atoms in total. The molecule has 0 saturated carbocycles. The number of amides is 1. The van der Waals surface area contributed by atoms with Crippen LogP contribution in [0.1, 0.15) is 28.9 Å². The summed E-state index contributed by atoms with van der Waals surface area (Å²) in [7, 11) is 0. The first-order chi connectivity index (χ1) is 13.4. The first kappa shape index (κ1) is 18.7. The van der Waals surface area contributed by atoms with E-state index in [0.29, 0.717) is 17.2 Å². The van der Waals surface area contributed by atoms with E-state index >= 15 is 0 Å². The van der Waals surface area contributed by atoms with Crippen LogP contribution in [-0.2, 0) is 6.18 Å². The number of rotatable bonds is 4. The van der Waals surface area contributed by atoms with Crippen molar-refractivity contribution in [3.8, 4) is 11.5 Å². The summed E-state index contributed by atoms with van der Waals surface area (Å²) in [5.74, 6) is 1.03. The summed E-state index contributed by atoms with van der Waals surface area (Å²) in [4.78, 5) is 18.2. The molecule has 2 aromatic rings. The SMILES string of the molecule is O=C(N[C@H]1CN2CCC1CC2)c1ccc(Oc2ccc(C(F)(F)F)nc2)cc1. The fraction of sp³-hybridized carbons (Fsp3) is 0.400. The lowest BCUT2D eigenvalue weighted by Crippen LogP contribution is -2.57. The van der Waals surface area contributed by atoms with Crippen molar-refractivity contribution >= 4 is 5.91 Å². The van der Waals surface area contributed by atoms with E-state index in [2.05, 4.69) is 15.2 Å². The van der Waals surface area contributed by atoms with Crippen LogP contribution in [0.15, 0.2) is 42.6 Å². The third-order valence-corrected chi connectivity index (χ3v) is 5.35. The van der Waals surface area contributed by atoms with Gasteiger partial charge >= 0.3 is 6.18 Å². The van der Waals surface area contributed by atoms with Gasteiger partial charge in [-0.25, -0.2) is 4.98 Å². The molecule has 1 aromatic heterocycles. The molecule has 5 rings (SSSR count). The van der Waals surface area contributed by atoms with Crippen LogP contribution in [0.3, 0.4) is 0 Å². The molecule has 0 spiro atoms. The van der Waals surface area contributed by atoms with Gasteiger partial charge in [0.25, 0.3) is 5.91 Å². The highest BCUT2D eigenvalue weighted by Crippen LogP contribution is 2.30. The molecule has 3 aliphatic rings. The topological polar surface area (TPSA) is 54.5 Å². The molecule has 3 fully saturated rings. The average molecular weight is 391 g/mol. The highest BCUT2D eigenvalue weighted by Gasteiger charge is 2.35. The van der Waals surface area contributed by atoms with Gasteiger partial charge in [0.05, 0.1) is 6.20 Å². The quantitative estimate of drug-likeness (QED) is 0.863.